The number of benzene rings is 1. The summed E-state index contributed by atoms with van der Waals surface area (Å²) in [6.07, 6.45) is 6.71. The van der Waals surface area contributed by atoms with Crippen LogP contribution in [-0.4, -0.2) is 29.5 Å². The molecular formula is C26H36N2S. The first-order valence-electron chi connectivity index (χ1n) is 10.4. The van der Waals surface area contributed by atoms with Crippen molar-refractivity contribution in [1.29, 1.82) is 0 Å². The predicted octanol–water partition coefficient (Wildman–Crippen LogP) is 6.57. The smallest absolute Gasteiger partial charge is 0.0896 e. The maximum atomic E-state index is 5.04. The van der Waals surface area contributed by atoms with Crippen LogP contribution in [0.3, 0.4) is 0 Å². The monoisotopic (exact) mass is 408 g/mol. The van der Waals surface area contributed by atoms with Gasteiger partial charge in [0.05, 0.1) is 17.1 Å². The largest absolute Gasteiger partial charge is 0.369 e. The van der Waals surface area contributed by atoms with E-state index in [9.17, 15) is 0 Å². The molecule has 29 heavy (non-hydrogen) atoms. The number of thiol groups is 1. The van der Waals surface area contributed by atoms with Gasteiger partial charge in [-0.15, -0.1) is 0 Å². The quantitative estimate of drug-likeness (QED) is 0.361. The van der Waals surface area contributed by atoms with Gasteiger partial charge in [0.25, 0.3) is 0 Å². The summed E-state index contributed by atoms with van der Waals surface area (Å²) in [7, 11) is 0. The SMILES string of the molecule is C=C/C=C/C1=C(C(=C)N(CCS)CC(C)C)N=C(c2ccc(C(C)(C)C)cc2)C1. The Morgan fingerprint density at radius 3 is 2.41 bits per heavy atom. The Hall–Kier alpha value is -2.00. The fraction of sp³-hybridized carbons (Fsp3) is 0.423. The molecule has 1 aliphatic rings. The summed E-state index contributed by atoms with van der Waals surface area (Å²) in [5, 5.41) is 0. The zero-order valence-corrected chi connectivity index (χ0v) is 19.6. The second-order valence-electron chi connectivity index (χ2n) is 9.04. The van der Waals surface area contributed by atoms with Crippen molar-refractivity contribution in [2.75, 3.05) is 18.8 Å². The maximum absolute atomic E-state index is 5.04. The van der Waals surface area contributed by atoms with Crippen LogP contribution in [0.5, 0.6) is 0 Å². The van der Waals surface area contributed by atoms with Crippen molar-refractivity contribution in [2.45, 2.75) is 46.5 Å². The van der Waals surface area contributed by atoms with Gasteiger partial charge in [0.2, 0.25) is 0 Å². The number of aliphatic imine (C=N–C) groups is 1. The zero-order valence-electron chi connectivity index (χ0n) is 18.7. The van der Waals surface area contributed by atoms with E-state index in [-0.39, 0.29) is 5.41 Å². The summed E-state index contributed by atoms with van der Waals surface area (Å²) in [6.45, 7) is 21.2. The predicted molar refractivity (Wildman–Crippen MR) is 132 cm³/mol. The molecule has 0 atom stereocenters. The van der Waals surface area contributed by atoms with Gasteiger partial charge >= 0.3 is 0 Å². The Balaban J connectivity index is 2.36. The summed E-state index contributed by atoms with van der Waals surface area (Å²) in [5.74, 6) is 1.34. The topological polar surface area (TPSA) is 15.6 Å². The minimum Gasteiger partial charge on any atom is -0.369 e. The van der Waals surface area contributed by atoms with Crippen molar-refractivity contribution in [2.24, 2.45) is 10.9 Å². The standard InChI is InChI=1S/C26H36N2S/c1-8-9-10-22-17-24(21-11-13-23(14-12-21)26(5,6)7)27-25(22)20(4)28(15-16-29)18-19(2)3/h8-14,19,29H,1,4,15-18H2,2-3,5-7H3/b10-9+. The van der Waals surface area contributed by atoms with E-state index in [4.69, 9.17) is 4.99 Å². The molecule has 0 aromatic heterocycles. The number of hydrogen-bond donors (Lipinski definition) is 1. The van der Waals surface area contributed by atoms with Gasteiger partial charge in [-0.05, 0) is 28.0 Å². The van der Waals surface area contributed by atoms with Crippen LogP contribution in [0.15, 0.2) is 77.6 Å². The number of rotatable bonds is 9. The van der Waals surface area contributed by atoms with Crippen LogP contribution in [0, 0.1) is 5.92 Å². The van der Waals surface area contributed by atoms with Gasteiger partial charge in [0.1, 0.15) is 0 Å². The maximum Gasteiger partial charge on any atom is 0.0896 e. The lowest BCUT2D eigenvalue weighted by atomic mass is 9.86. The summed E-state index contributed by atoms with van der Waals surface area (Å²) in [4.78, 5) is 7.35. The van der Waals surface area contributed by atoms with Crippen molar-refractivity contribution < 1.29 is 0 Å². The molecule has 3 heteroatoms. The first-order valence-corrected chi connectivity index (χ1v) is 11.1. The second-order valence-corrected chi connectivity index (χ2v) is 9.49. The first-order chi connectivity index (χ1) is 13.7. The third-order valence-electron chi connectivity index (χ3n) is 5.04. The van der Waals surface area contributed by atoms with Crippen LogP contribution in [0.4, 0.5) is 0 Å². The average Bonchev–Trinajstić information content (AvgIpc) is 3.08. The highest BCUT2D eigenvalue weighted by molar-refractivity contribution is 7.80. The van der Waals surface area contributed by atoms with Gasteiger partial charge in [0.15, 0.2) is 0 Å². The van der Waals surface area contributed by atoms with E-state index in [0.29, 0.717) is 5.92 Å². The number of hydrogen-bond acceptors (Lipinski definition) is 3. The number of allylic oxidation sites excluding steroid dienone is 4. The van der Waals surface area contributed by atoms with Crippen LogP contribution in [0.1, 0.15) is 52.2 Å². The molecule has 1 heterocycles. The van der Waals surface area contributed by atoms with E-state index in [2.05, 4.69) is 95.6 Å². The fourth-order valence-corrected chi connectivity index (χ4v) is 3.70. The Bertz CT molecular complexity index is 817. The fourth-order valence-electron chi connectivity index (χ4n) is 3.46. The Morgan fingerprint density at radius 1 is 1.24 bits per heavy atom. The number of nitrogens with zero attached hydrogens (tertiary/aromatic N) is 2. The average molecular weight is 409 g/mol. The minimum atomic E-state index is 0.149. The molecule has 0 amide bonds. The molecule has 0 saturated heterocycles. The van der Waals surface area contributed by atoms with E-state index < -0.39 is 0 Å². The van der Waals surface area contributed by atoms with Crippen LogP contribution in [0.25, 0.3) is 0 Å². The van der Waals surface area contributed by atoms with Crippen molar-refractivity contribution in [3.05, 3.63) is 83.7 Å². The van der Waals surface area contributed by atoms with Crippen molar-refractivity contribution in [3.63, 3.8) is 0 Å². The lowest BCUT2D eigenvalue weighted by Crippen LogP contribution is -2.29. The van der Waals surface area contributed by atoms with Gasteiger partial charge in [0, 0.05) is 25.3 Å². The normalized spacial score (nSPS) is 14.7. The van der Waals surface area contributed by atoms with Crippen LogP contribution in [0.2, 0.25) is 0 Å². The molecule has 2 rings (SSSR count). The summed E-state index contributed by atoms with van der Waals surface area (Å²) >= 11 is 4.44. The molecule has 1 aromatic carbocycles. The lowest BCUT2D eigenvalue weighted by Gasteiger charge is -2.28. The molecule has 2 nitrogen and oxygen atoms in total. The van der Waals surface area contributed by atoms with Crippen molar-refractivity contribution >= 4 is 18.3 Å². The third-order valence-corrected chi connectivity index (χ3v) is 5.24. The van der Waals surface area contributed by atoms with Crippen molar-refractivity contribution in [3.8, 4) is 0 Å². The van der Waals surface area contributed by atoms with Gasteiger partial charge in [-0.2, -0.15) is 12.6 Å². The molecule has 1 aliphatic heterocycles. The van der Waals surface area contributed by atoms with Crippen molar-refractivity contribution in [1.82, 2.24) is 4.90 Å². The van der Waals surface area contributed by atoms with Gasteiger partial charge in [-0.1, -0.05) is 90.3 Å². The Morgan fingerprint density at radius 2 is 1.90 bits per heavy atom. The molecule has 156 valence electrons. The van der Waals surface area contributed by atoms with Crippen LogP contribution >= 0.6 is 12.6 Å². The lowest BCUT2D eigenvalue weighted by molar-refractivity contribution is 0.327. The first kappa shape index (κ1) is 23.3. The molecular weight excluding hydrogens is 372 g/mol. The molecule has 0 unspecified atom stereocenters. The zero-order chi connectivity index (χ0) is 21.6. The molecule has 0 spiro atoms. The Kier molecular flexibility index (Phi) is 8.15. The minimum absolute atomic E-state index is 0.149. The molecule has 1 aromatic rings. The molecule has 0 aliphatic carbocycles. The van der Waals surface area contributed by atoms with Gasteiger partial charge in [-0.3, -0.25) is 4.99 Å². The highest BCUT2D eigenvalue weighted by atomic mass is 32.1. The molecule has 0 bridgehead atoms. The van der Waals surface area contributed by atoms with E-state index >= 15 is 0 Å². The highest BCUT2D eigenvalue weighted by Gasteiger charge is 2.23. The molecule has 0 radical (unpaired) electrons. The van der Waals surface area contributed by atoms with E-state index in [1.54, 1.807) is 0 Å². The summed E-state index contributed by atoms with van der Waals surface area (Å²) in [6, 6.07) is 8.82. The van der Waals surface area contributed by atoms with Crippen LogP contribution < -0.4 is 0 Å². The van der Waals surface area contributed by atoms with Crippen LogP contribution in [-0.2, 0) is 5.41 Å². The molecule has 0 fully saturated rings. The van der Waals surface area contributed by atoms with Gasteiger partial charge < -0.3 is 4.90 Å². The molecule has 0 N–H and O–H groups in total. The Labute approximate surface area is 183 Å². The van der Waals surface area contributed by atoms with E-state index in [1.165, 1.54) is 16.7 Å². The third kappa shape index (κ3) is 6.24. The second kappa shape index (κ2) is 10.2. The molecule has 0 saturated carbocycles. The van der Waals surface area contributed by atoms with Gasteiger partial charge in [-0.25, -0.2) is 0 Å². The van der Waals surface area contributed by atoms with E-state index in [1.807, 2.05) is 12.2 Å². The summed E-state index contributed by atoms with van der Waals surface area (Å²) in [5.41, 5.74) is 6.92. The summed E-state index contributed by atoms with van der Waals surface area (Å²) < 4.78 is 0. The van der Waals surface area contributed by atoms with E-state index in [0.717, 1.165) is 42.4 Å². The highest BCUT2D eigenvalue weighted by Crippen LogP contribution is 2.31.